The summed E-state index contributed by atoms with van der Waals surface area (Å²) in [5, 5.41) is 3.62. The smallest absolute Gasteiger partial charge is 0.319 e. The van der Waals surface area contributed by atoms with E-state index >= 15 is 0 Å². The van der Waals surface area contributed by atoms with Gasteiger partial charge in [-0.1, -0.05) is 23.4 Å². The van der Waals surface area contributed by atoms with Gasteiger partial charge >= 0.3 is 6.03 Å². The van der Waals surface area contributed by atoms with Crippen molar-refractivity contribution in [2.45, 2.75) is 18.9 Å². The predicted octanol–water partition coefficient (Wildman–Crippen LogP) is 1.93. The molecule has 0 aromatic carbocycles. The number of anilines is 1. The van der Waals surface area contributed by atoms with Gasteiger partial charge in [0.1, 0.15) is 10.0 Å². The Labute approximate surface area is 165 Å². The van der Waals surface area contributed by atoms with E-state index in [9.17, 15) is 9.59 Å². The van der Waals surface area contributed by atoms with Crippen molar-refractivity contribution in [3.63, 3.8) is 0 Å². The van der Waals surface area contributed by atoms with Gasteiger partial charge in [0.15, 0.2) is 0 Å². The van der Waals surface area contributed by atoms with Gasteiger partial charge in [-0.2, -0.15) is 0 Å². The Kier molecular flexibility index (Phi) is 5.96. The zero-order chi connectivity index (χ0) is 19.4. The van der Waals surface area contributed by atoms with Crippen molar-refractivity contribution in [1.29, 1.82) is 0 Å². The molecule has 1 saturated heterocycles. The van der Waals surface area contributed by atoms with Crippen molar-refractivity contribution in [3.05, 3.63) is 44.9 Å². The number of aromatic nitrogens is 1. The van der Waals surface area contributed by atoms with Crippen LogP contribution in [-0.4, -0.2) is 36.1 Å². The minimum absolute atomic E-state index is 0.134. The molecular weight excluding hydrogens is 386 g/mol. The molecule has 0 saturated carbocycles. The first-order chi connectivity index (χ1) is 13.0. The number of amides is 3. The van der Waals surface area contributed by atoms with Gasteiger partial charge in [-0.05, 0) is 37.6 Å². The molecule has 1 aliphatic rings. The summed E-state index contributed by atoms with van der Waals surface area (Å²) in [6.07, 6.45) is 3.27. The fraction of sp³-hybridized carbons (Fsp3) is 0.278. The van der Waals surface area contributed by atoms with E-state index in [-0.39, 0.29) is 10.9 Å². The molecule has 1 fully saturated rings. The number of nitrogens with two attached hydrogens (primary N) is 2. The first-order valence-corrected chi connectivity index (χ1v) is 9.51. The molecule has 0 radical (unpaired) electrons. The first-order valence-electron chi connectivity index (χ1n) is 8.32. The van der Waals surface area contributed by atoms with E-state index in [0.717, 1.165) is 30.7 Å². The maximum absolute atomic E-state index is 12.1. The van der Waals surface area contributed by atoms with Gasteiger partial charge in [0.25, 0.3) is 5.91 Å². The predicted molar refractivity (Wildman–Crippen MR) is 106 cm³/mol. The lowest BCUT2D eigenvalue weighted by Gasteiger charge is -2.33. The van der Waals surface area contributed by atoms with Crippen molar-refractivity contribution >= 4 is 40.6 Å². The van der Waals surface area contributed by atoms with Gasteiger partial charge in [-0.15, -0.1) is 11.3 Å². The molecule has 7 nitrogen and oxygen atoms in total. The molecular formula is C18H18ClN5O2S. The fourth-order valence-corrected chi connectivity index (χ4v) is 3.90. The highest BCUT2D eigenvalue weighted by molar-refractivity contribution is 7.15. The summed E-state index contributed by atoms with van der Waals surface area (Å²) in [7, 11) is 0. The number of halogens is 1. The molecule has 27 heavy (non-hydrogen) atoms. The largest absolute Gasteiger partial charge is 0.365 e. The third-order valence-corrected chi connectivity index (χ3v) is 5.40. The first kappa shape index (κ1) is 19.2. The summed E-state index contributed by atoms with van der Waals surface area (Å²) in [5.41, 5.74) is 12.2. The summed E-state index contributed by atoms with van der Waals surface area (Å²) < 4.78 is 0. The SMILES string of the molecule is NC(=O)c1sc(C#Cc2ccc(Cl)nc2)cc1N(C(N)=O)[C@H]1CCCNC1. The van der Waals surface area contributed by atoms with Crippen LogP contribution in [0.2, 0.25) is 5.15 Å². The average molecular weight is 404 g/mol. The van der Waals surface area contributed by atoms with Gasteiger partial charge in [0, 0.05) is 18.3 Å². The van der Waals surface area contributed by atoms with Crippen LogP contribution >= 0.6 is 22.9 Å². The summed E-state index contributed by atoms with van der Waals surface area (Å²) in [6, 6.07) is 4.32. The van der Waals surface area contributed by atoms with Crippen LogP contribution in [0.25, 0.3) is 0 Å². The van der Waals surface area contributed by atoms with E-state index in [1.165, 1.54) is 4.90 Å². The average Bonchev–Trinajstić information content (AvgIpc) is 3.06. The van der Waals surface area contributed by atoms with Crippen LogP contribution in [0.5, 0.6) is 0 Å². The number of piperidine rings is 1. The summed E-state index contributed by atoms with van der Waals surface area (Å²) in [5.74, 6) is 5.31. The molecule has 3 rings (SSSR count). The maximum Gasteiger partial charge on any atom is 0.319 e. The quantitative estimate of drug-likeness (QED) is 0.536. The minimum Gasteiger partial charge on any atom is -0.365 e. The standard InChI is InChI=1S/C18H18ClN5O2S/c19-15-6-4-11(9-23-15)3-5-13-8-14(16(27-13)17(20)25)24(18(21)26)12-2-1-7-22-10-12/h4,6,8-9,12,22H,1-2,7,10H2,(H2,20,25)(H2,21,26)/t12-/m0/s1. The lowest BCUT2D eigenvalue weighted by Crippen LogP contribution is -2.51. The van der Waals surface area contributed by atoms with Gasteiger partial charge < -0.3 is 16.8 Å². The molecule has 5 N–H and O–H groups in total. The van der Waals surface area contributed by atoms with Crippen LogP contribution in [0, 0.1) is 11.8 Å². The molecule has 2 aromatic rings. The number of hydrogen-bond donors (Lipinski definition) is 3. The Hall–Kier alpha value is -2.60. The molecule has 2 aromatic heterocycles. The van der Waals surface area contributed by atoms with Crippen LogP contribution in [0.4, 0.5) is 10.5 Å². The van der Waals surface area contributed by atoms with Gasteiger partial charge in [-0.3, -0.25) is 9.69 Å². The Morgan fingerprint density at radius 1 is 1.33 bits per heavy atom. The molecule has 3 amide bonds. The Morgan fingerprint density at radius 2 is 2.15 bits per heavy atom. The van der Waals surface area contributed by atoms with Crippen molar-refractivity contribution < 1.29 is 9.59 Å². The summed E-state index contributed by atoms with van der Waals surface area (Å²) in [4.78, 5) is 30.3. The molecule has 1 aliphatic heterocycles. The van der Waals surface area contributed by atoms with E-state index in [1.54, 1.807) is 24.4 Å². The number of thiophene rings is 1. The van der Waals surface area contributed by atoms with Crippen LogP contribution < -0.4 is 21.7 Å². The highest BCUT2D eigenvalue weighted by Gasteiger charge is 2.29. The number of rotatable bonds is 3. The number of primary amides is 2. The van der Waals surface area contributed by atoms with Crippen molar-refractivity contribution in [3.8, 4) is 11.8 Å². The number of pyridine rings is 1. The highest BCUT2D eigenvalue weighted by atomic mass is 35.5. The second-order valence-corrected chi connectivity index (χ2v) is 7.46. The molecule has 0 bridgehead atoms. The van der Waals surface area contributed by atoms with E-state index in [0.29, 0.717) is 27.8 Å². The molecule has 0 spiro atoms. The maximum atomic E-state index is 12.1. The van der Waals surface area contributed by atoms with Crippen LogP contribution in [-0.2, 0) is 0 Å². The Morgan fingerprint density at radius 3 is 2.74 bits per heavy atom. The Bertz CT molecular complexity index is 910. The second kappa shape index (κ2) is 8.39. The van der Waals surface area contributed by atoms with Crippen molar-refractivity contribution in [2.75, 3.05) is 18.0 Å². The third-order valence-electron chi connectivity index (χ3n) is 4.13. The zero-order valence-corrected chi connectivity index (χ0v) is 15.9. The topological polar surface area (TPSA) is 114 Å². The van der Waals surface area contributed by atoms with E-state index in [4.69, 9.17) is 23.1 Å². The zero-order valence-electron chi connectivity index (χ0n) is 14.4. The normalized spacial score (nSPS) is 16.3. The molecule has 140 valence electrons. The van der Waals surface area contributed by atoms with Crippen LogP contribution in [0.1, 0.15) is 33.0 Å². The lowest BCUT2D eigenvalue weighted by atomic mass is 10.1. The molecule has 9 heteroatoms. The monoisotopic (exact) mass is 403 g/mol. The molecule has 1 atom stereocenters. The summed E-state index contributed by atoms with van der Waals surface area (Å²) in [6.45, 7) is 1.50. The second-order valence-electron chi connectivity index (χ2n) is 6.02. The highest BCUT2D eigenvalue weighted by Crippen LogP contribution is 2.32. The van der Waals surface area contributed by atoms with E-state index < -0.39 is 11.9 Å². The van der Waals surface area contributed by atoms with Crippen LogP contribution in [0.15, 0.2) is 24.4 Å². The van der Waals surface area contributed by atoms with Gasteiger partial charge in [-0.25, -0.2) is 9.78 Å². The van der Waals surface area contributed by atoms with Gasteiger partial charge in [0.2, 0.25) is 0 Å². The molecule has 0 aliphatic carbocycles. The fourth-order valence-electron chi connectivity index (χ4n) is 2.93. The number of nitrogens with one attached hydrogen (secondary N) is 1. The number of nitrogens with zero attached hydrogens (tertiary/aromatic N) is 2. The minimum atomic E-state index is -0.620. The number of carbonyl (C=O) groups excluding carboxylic acids is 2. The lowest BCUT2D eigenvalue weighted by molar-refractivity contribution is 0.100. The molecule has 0 unspecified atom stereocenters. The van der Waals surface area contributed by atoms with Crippen molar-refractivity contribution in [2.24, 2.45) is 11.5 Å². The summed E-state index contributed by atoms with van der Waals surface area (Å²) >= 11 is 6.90. The van der Waals surface area contributed by atoms with Gasteiger partial charge in [0.05, 0.1) is 16.6 Å². The van der Waals surface area contributed by atoms with E-state index in [2.05, 4.69) is 22.1 Å². The molecule has 3 heterocycles. The van der Waals surface area contributed by atoms with Crippen LogP contribution in [0.3, 0.4) is 0 Å². The van der Waals surface area contributed by atoms with Crippen molar-refractivity contribution in [1.82, 2.24) is 10.3 Å². The Balaban J connectivity index is 1.96. The third kappa shape index (κ3) is 4.57. The number of urea groups is 1. The number of carbonyl (C=O) groups is 2. The number of hydrogen-bond acceptors (Lipinski definition) is 5. The van der Waals surface area contributed by atoms with E-state index in [1.807, 2.05) is 0 Å².